The topological polar surface area (TPSA) is 0 Å². The molecule has 3 aliphatic rings. The van der Waals surface area contributed by atoms with Crippen molar-refractivity contribution in [1.82, 2.24) is 0 Å². The highest BCUT2D eigenvalue weighted by molar-refractivity contribution is 8.08. The maximum atomic E-state index is 6.29. The summed E-state index contributed by atoms with van der Waals surface area (Å²) in [6.45, 7) is 4.65. The van der Waals surface area contributed by atoms with Crippen LogP contribution < -0.4 is 0 Å². The highest BCUT2D eigenvalue weighted by atomic mass is 35.5. The maximum absolute atomic E-state index is 6.29. The molecule has 0 saturated heterocycles. The fraction of sp³-hybridized carbons (Fsp3) is 0.238. The van der Waals surface area contributed by atoms with E-state index in [1.54, 1.807) is 0 Å². The summed E-state index contributed by atoms with van der Waals surface area (Å²) < 4.78 is 0. The van der Waals surface area contributed by atoms with Gasteiger partial charge in [0.15, 0.2) is 0 Å². The standard InChI is InChI=1S/C21H17ClS2/c1-21(2)15-8-7-12(22)9-13(15)14-10-19-20(11-16(14)21)24-18-6-4-3-5-17(18)23-19/h3-5,7-11,18H,6H2,1-2H3. The smallest absolute Gasteiger partial charge is 0.0442 e. The van der Waals surface area contributed by atoms with Crippen molar-refractivity contribution in [2.45, 2.75) is 40.7 Å². The molecule has 24 heavy (non-hydrogen) atoms. The molecule has 2 aliphatic carbocycles. The molecule has 3 heteroatoms. The summed E-state index contributed by atoms with van der Waals surface area (Å²) in [5.41, 5.74) is 5.52. The summed E-state index contributed by atoms with van der Waals surface area (Å²) in [4.78, 5) is 4.31. The minimum atomic E-state index is 0.0398. The Morgan fingerprint density at radius 3 is 2.75 bits per heavy atom. The second-order valence-corrected chi connectivity index (χ2v) is 9.90. The molecule has 0 bridgehead atoms. The van der Waals surface area contributed by atoms with Gasteiger partial charge in [-0.2, -0.15) is 0 Å². The summed E-state index contributed by atoms with van der Waals surface area (Å²) >= 11 is 10.3. The van der Waals surface area contributed by atoms with Gasteiger partial charge < -0.3 is 0 Å². The number of halogens is 1. The summed E-state index contributed by atoms with van der Waals surface area (Å²) in [5, 5.41) is 1.41. The number of hydrogen-bond donors (Lipinski definition) is 0. The van der Waals surface area contributed by atoms with Crippen LogP contribution in [0.2, 0.25) is 5.02 Å². The van der Waals surface area contributed by atoms with Crippen molar-refractivity contribution in [1.29, 1.82) is 0 Å². The minimum Gasteiger partial charge on any atom is -0.116 e. The minimum absolute atomic E-state index is 0.0398. The van der Waals surface area contributed by atoms with E-state index in [-0.39, 0.29) is 5.41 Å². The van der Waals surface area contributed by atoms with Gasteiger partial charge in [-0.25, -0.2) is 0 Å². The Kier molecular flexibility index (Phi) is 3.29. The molecule has 0 aromatic heterocycles. The zero-order chi connectivity index (χ0) is 16.5. The molecule has 1 aliphatic heterocycles. The molecule has 1 heterocycles. The van der Waals surface area contributed by atoms with Gasteiger partial charge in [0, 0.05) is 30.4 Å². The SMILES string of the molecule is CC1(C)c2ccc(Cl)cc2-c2cc3c(cc21)SC1CC=CC=C1S3. The van der Waals surface area contributed by atoms with Gasteiger partial charge in [-0.1, -0.05) is 61.5 Å². The fourth-order valence-corrected chi connectivity index (χ4v) is 6.74. The van der Waals surface area contributed by atoms with Gasteiger partial charge >= 0.3 is 0 Å². The number of thioether (sulfide) groups is 2. The third kappa shape index (κ3) is 2.09. The van der Waals surface area contributed by atoms with Gasteiger partial charge in [-0.05, 0) is 52.9 Å². The first kappa shape index (κ1) is 15.2. The number of hydrogen-bond acceptors (Lipinski definition) is 2. The van der Waals surface area contributed by atoms with Gasteiger partial charge in [0.05, 0.1) is 0 Å². The van der Waals surface area contributed by atoms with Crippen molar-refractivity contribution >= 4 is 35.1 Å². The van der Waals surface area contributed by atoms with Gasteiger partial charge in [0.25, 0.3) is 0 Å². The van der Waals surface area contributed by atoms with E-state index in [4.69, 9.17) is 11.6 Å². The van der Waals surface area contributed by atoms with Crippen LogP contribution in [0.1, 0.15) is 31.4 Å². The molecule has 5 rings (SSSR count). The van der Waals surface area contributed by atoms with E-state index < -0.39 is 0 Å². The Morgan fingerprint density at radius 2 is 1.88 bits per heavy atom. The van der Waals surface area contributed by atoms with Gasteiger partial charge in [-0.15, -0.1) is 11.8 Å². The van der Waals surface area contributed by atoms with Crippen LogP contribution in [-0.2, 0) is 5.41 Å². The lowest BCUT2D eigenvalue weighted by molar-refractivity contribution is 0.657. The molecule has 2 aromatic rings. The Bertz CT molecular complexity index is 937. The quantitative estimate of drug-likeness (QED) is 0.488. The van der Waals surface area contributed by atoms with E-state index in [9.17, 15) is 0 Å². The molecule has 2 aromatic carbocycles. The van der Waals surface area contributed by atoms with Crippen molar-refractivity contribution in [2.75, 3.05) is 0 Å². The van der Waals surface area contributed by atoms with E-state index in [2.05, 4.69) is 56.3 Å². The molecule has 1 atom stereocenters. The molecule has 0 saturated carbocycles. The van der Waals surface area contributed by atoms with Crippen LogP contribution in [0.15, 0.2) is 63.3 Å². The average Bonchev–Trinajstić information content (AvgIpc) is 2.78. The highest BCUT2D eigenvalue weighted by Crippen LogP contribution is 2.56. The molecular formula is C21H17ClS2. The predicted molar refractivity (Wildman–Crippen MR) is 106 cm³/mol. The van der Waals surface area contributed by atoms with Crippen molar-refractivity contribution in [3.63, 3.8) is 0 Å². The largest absolute Gasteiger partial charge is 0.116 e. The maximum Gasteiger partial charge on any atom is 0.0442 e. The lowest BCUT2D eigenvalue weighted by atomic mass is 9.82. The monoisotopic (exact) mass is 368 g/mol. The highest BCUT2D eigenvalue weighted by Gasteiger charge is 2.37. The Labute approximate surface area is 156 Å². The second-order valence-electron chi connectivity index (χ2n) is 7.10. The number of fused-ring (bicyclic) bond motifs is 5. The number of allylic oxidation sites excluding steroid dienone is 3. The van der Waals surface area contributed by atoms with Crippen LogP contribution in [-0.4, -0.2) is 5.25 Å². The first-order valence-corrected chi connectivity index (χ1v) is 10.3. The van der Waals surface area contributed by atoms with Crippen LogP contribution in [0.3, 0.4) is 0 Å². The third-order valence-corrected chi connectivity index (χ3v) is 8.31. The van der Waals surface area contributed by atoms with Crippen LogP contribution in [0, 0.1) is 0 Å². The molecule has 0 fully saturated rings. The van der Waals surface area contributed by atoms with Crippen LogP contribution in [0.4, 0.5) is 0 Å². The van der Waals surface area contributed by atoms with E-state index in [0.29, 0.717) is 5.25 Å². The first-order valence-electron chi connectivity index (χ1n) is 8.24. The second kappa shape index (κ2) is 5.20. The molecule has 0 spiro atoms. The van der Waals surface area contributed by atoms with Gasteiger partial charge in [-0.3, -0.25) is 0 Å². The Morgan fingerprint density at radius 1 is 1.04 bits per heavy atom. The Hall–Kier alpha value is -1.09. The average molecular weight is 369 g/mol. The summed E-state index contributed by atoms with van der Waals surface area (Å²) in [6, 6.07) is 11.2. The lowest BCUT2D eigenvalue weighted by Crippen LogP contribution is -2.16. The van der Waals surface area contributed by atoms with E-state index >= 15 is 0 Å². The lowest BCUT2D eigenvalue weighted by Gasteiger charge is -2.29. The van der Waals surface area contributed by atoms with Crippen molar-refractivity contribution in [2.24, 2.45) is 0 Å². The zero-order valence-electron chi connectivity index (χ0n) is 13.6. The summed E-state index contributed by atoms with van der Waals surface area (Å²) in [5.74, 6) is 0. The van der Waals surface area contributed by atoms with Crippen LogP contribution >= 0.6 is 35.1 Å². The number of benzene rings is 2. The normalized spacial score (nSPS) is 22.3. The molecule has 0 N–H and O–H groups in total. The molecule has 0 radical (unpaired) electrons. The van der Waals surface area contributed by atoms with Crippen LogP contribution in [0.25, 0.3) is 11.1 Å². The molecular weight excluding hydrogens is 352 g/mol. The van der Waals surface area contributed by atoms with E-state index in [1.807, 2.05) is 29.6 Å². The Balaban J connectivity index is 1.71. The van der Waals surface area contributed by atoms with Crippen LogP contribution in [0.5, 0.6) is 0 Å². The molecule has 120 valence electrons. The fourth-order valence-electron chi connectivity index (χ4n) is 3.98. The molecule has 0 amide bonds. The van der Waals surface area contributed by atoms with E-state index in [1.165, 1.54) is 36.9 Å². The summed E-state index contributed by atoms with van der Waals surface area (Å²) in [6.07, 6.45) is 7.88. The van der Waals surface area contributed by atoms with Crippen molar-refractivity contribution in [3.05, 3.63) is 69.6 Å². The van der Waals surface area contributed by atoms with Gasteiger partial charge in [0.2, 0.25) is 0 Å². The predicted octanol–water partition coefficient (Wildman–Crippen LogP) is 7.06. The molecule has 1 unspecified atom stereocenters. The van der Waals surface area contributed by atoms with Crippen molar-refractivity contribution in [3.8, 4) is 11.1 Å². The summed E-state index contributed by atoms with van der Waals surface area (Å²) in [7, 11) is 0. The molecule has 0 nitrogen and oxygen atoms in total. The first-order chi connectivity index (χ1) is 11.5. The number of rotatable bonds is 0. The van der Waals surface area contributed by atoms with E-state index in [0.717, 1.165) is 11.4 Å². The zero-order valence-corrected chi connectivity index (χ0v) is 16.0. The van der Waals surface area contributed by atoms with Gasteiger partial charge in [0.1, 0.15) is 0 Å². The van der Waals surface area contributed by atoms with Crippen molar-refractivity contribution < 1.29 is 0 Å². The third-order valence-electron chi connectivity index (χ3n) is 5.26.